The molecule has 0 spiro atoms. The molecule has 4 heteroatoms. The van der Waals surface area contributed by atoms with Crippen molar-refractivity contribution < 1.29 is 19.1 Å². The van der Waals surface area contributed by atoms with Gasteiger partial charge in [-0.05, 0) is 25.0 Å². The molecule has 0 saturated carbocycles. The summed E-state index contributed by atoms with van der Waals surface area (Å²) in [5, 5.41) is 0. The Morgan fingerprint density at radius 3 is 2.52 bits per heavy atom. The summed E-state index contributed by atoms with van der Waals surface area (Å²) in [5.41, 5.74) is 0.923. The van der Waals surface area contributed by atoms with E-state index in [-0.39, 0.29) is 12.4 Å². The van der Waals surface area contributed by atoms with Crippen molar-refractivity contribution in [3.05, 3.63) is 42.0 Å². The predicted molar refractivity (Wildman–Crippen MR) is 81.5 cm³/mol. The van der Waals surface area contributed by atoms with Crippen molar-refractivity contribution in [2.45, 2.75) is 39.2 Å². The summed E-state index contributed by atoms with van der Waals surface area (Å²) in [4.78, 5) is 23.2. The fraction of sp³-hybridized carbons (Fsp3) is 0.412. The molecular weight excluding hydrogens is 268 g/mol. The summed E-state index contributed by atoms with van der Waals surface area (Å²) in [6.45, 7) is 4.06. The first kappa shape index (κ1) is 17.0. The lowest BCUT2D eigenvalue weighted by atomic mass is 10.1. The molecule has 0 fully saturated rings. The Balaban J connectivity index is 2.52. The van der Waals surface area contributed by atoms with E-state index in [0.717, 1.165) is 12.0 Å². The van der Waals surface area contributed by atoms with Crippen LogP contribution in [0.4, 0.5) is 0 Å². The van der Waals surface area contributed by atoms with E-state index in [1.54, 1.807) is 13.0 Å². The predicted octanol–water partition coefficient (Wildman–Crippen LogP) is 3.36. The van der Waals surface area contributed by atoms with Crippen LogP contribution in [0.2, 0.25) is 0 Å². The van der Waals surface area contributed by atoms with Crippen LogP contribution < -0.4 is 0 Å². The molecule has 4 nitrogen and oxygen atoms in total. The van der Waals surface area contributed by atoms with Gasteiger partial charge in [0.1, 0.15) is 6.10 Å². The van der Waals surface area contributed by atoms with Crippen molar-refractivity contribution in [2.75, 3.05) is 6.61 Å². The van der Waals surface area contributed by atoms with Gasteiger partial charge in [0, 0.05) is 6.08 Å². The number of benzene rings is 1. The van der Waals surface area contributed by atoms with Gasteiger partial charge >= 0.3 is 11.9 Å². The van der Waals surface area contributed by atoms with E-state index in [0.29, 0.717) is 13.0 Å². The third-order valence-electron chi connectivity index (χ3n) is 2.80. The van der Waals surface area contributed by atoms with E-state index in [1.807, 2.05) is 37.3 Å². The van der Waals surface area contributed by atoms with Gasteiger partial charge in [0.05, 0.1) is 13.0 Å². The van der Waals surface area contributed by atoms with Crippen LogP contribution in [0.15, 0.2) is 36.4 Å². The first-order chi connectivity index (χ1) is 10.2. The molecular formula is C17H22O4. The van der Waals surface area contributed by atoms with Crippen molar-refractivity contribution in [1.29, 1.82) is 0 Å². The zero-order valence-corrected chi connectivity index (χ0v) is 12.6. The molecule has 0 aromatic heterocycles. The highest BCUT2D eigenvalue weighted by Crippen LogP contribution is 2.10. The minimum Gasteiger partial charge on any atom is -0.466 e. The number of hydrogen-bond acceptors (Lipinski definition) is 4. The smallest absolute Gasteiger partial charge is 0.331 e. The molecule has 1 aromatic rings. The summed E-state index contributed by atoms with van der Waals surface area (Å²) in [6.07, 6.45) is 4.22. The minimum absolute atomic E-state index is 0.104. The average molecular weight is 290 g/mol. The van der Waals surface area contributed by atoms with Crippen molar-refractivity contribution >= 4 is 18.0 Å². The molecule has 0 radical (unpaired) electrons. The Morgan fingerprint density at radius 2 is 1.90 bits per heavy atom. The topological polar surface area (TPSA) is 52.6 Å². The Morgan fingerprint density at radius 1 is 1.19 bits per heavy atom. The van der Waals surface area contributed by atoms with E-state index in [2.05, 4.69) is 0 Å². The van der Waals surface area contributed by atoms with Gasteiger partial charge in [-0.25, -0.2) is 4.79 Å². The summed E-state index contributed by atoms with van der Waals surface area (Å²) in [6, 6.07) is 9.49. The Kier molecular flexibility index (Phi) is 7.87. The van der Waals surface area contributed by atoms with Crippen molar-refractivity contribution in [3.63, 3.8) is 0 Å². The van der Waals surface area contributed by atoms with Gasteiger partial charge in [-0.3, -0.25) is 4.79 Å². The summed E-state index contributed by atoms with van der Waals surface area (Å²) < 4.78 is 10.2. The molecule has 1 unspecified atom stereocenters. The molecule has 0 saturated heterocycles. The molecule has 1 atom stereocenters. The van der Waals surface area contributed by atoms with Gasteiger partial charge in [-0.1, -0.05) is 43.7 Å². The Labute approximate surface area is 125 Å². The molecule has 0 aliphatic carbocycles. The SMILES string of the molecule is CCCC(CC(=O)OCC)OC(=O)/C=C/c1ccccc1. The molecule has 21 heavy (non-hydrogen) atoms. The van der Waals surface area contributed by atoms with Crippen LogP contribution in [0.25, 0.3) is 6.08 Å². The lowest BCUT2D eigenvalue weighted by Crippen LogP contribution is -2.22. The first-order valence-electron chi connectivity index (χ1n) is 7.25. The Hall–Kier alpha value is -2.10. The zero-order valence-electron chi connectivity index (χ0n) is 12.6. The normalized spacial score (nSPS) is 12.1. The maximum Gasteiger partial charge on any atom is 0.331 e. The summed E-state index contributed by atoms with van der Waals surface area (Å²) in [5.74, 6) is -0.780. The summed E-state index contributed by atoms with van der Waals surface area (Å²) in [7, 11) is 0. The highest BCUT2D eigenvalue weighted by atomic mass is 16.6. The van der Waals surface area contributed by atoms with Crippen molar-refractivity contribution in [1.82, 2.24) is 0 Å². The zero-order chi connectivity index (χ0) is 15.5. The fourth-order valence-electron chi connectivity index (χ4n) is 1.86. The van der Waals surface area contributed by atoms with E-state index < -0.39 is 12.1 Å². The van der Waals surface area contributed by atoms with Gasteiger partial charge in [-0.15, -0.1) is 0 Å². The van der Waals surface area contributed by atoms with Crippen LogP contribution in [0.3, 0.4) is 0 Å². The summed E-state index contributed by atoms with van der Waals surface area (Å²) >= 11 is 0. The highest BCUT2D eigenvalue weighted by molar-refractivity contribution is 5.87. The van der Waals surface area contributed by atoms with Crippen LogP contribution in [0.5, 0.6) is 0 Å². The van der Waals surface area contributed by atoms with Crippen molar-refractivity contribution in [2.24, 2.45) is 0 Å². The molecule has 1 rings (SSSR count). The molecule has 0 aliphatic rings. The fourth-order valence-corrected chi connectivity index (χ4v) is 1.86. The number of hydrogen-bond donors (Lipinski definition) is 0. The third-order valence-corrected chi connectivity index (χ3v) is 2.80. The van der Waals surface area contributed by atoms with Gasteiger partial charge in [0.15, 0.2) is 0 Å². The van der Waals surface area contributed by atoms with E-state index >= 15 is 0 Å². The van der Waals surface area contributed by atoms with Crippen molar-refractivity contribution in [3.8, 4) is 0 Å². The number of rotatable bonds is 8. The third kappa shape index (κ3) is 7.30. The standard InChI is InChI=1S/C17H22O4/c1-3-8-15(13-17(19)20-4-2)21-16(18)12-11-14-9-6-5-7-10-14/h5-7,9-12,15H,3-4,8,13H2,1-2H3/b12-11+. The second-order valence-corrected chi connectivity index (χ2v) is 4.60. The maximum absolute atomic E-state index is 11.8. The maximum atomic E-state index is 11.8. The first-order valence-corrected chi connectivity index (χ1v) is 7.25. The van der Waals surface area contributed by atoms with Crippen LogP contribution in [0.1, 0.15) is 38.7 Å². The molecule has 114 valence electrons. The highest BCUT2D eigenvalue weighted by Gasteiger charge is 2.17. The number of ether oxygens (including phenoxy) is 2. The lowest BCUT2D eigenvalue weighted by Gasteiger charge is -2.15. The molecule has 0 bridgehead atoms. The average Bonchev–Trinajstić information content (AvgIpc) is 2.46. The minimum atomic E-state index is -0.443. The van der Waals surface area contributed by atoms with Gasteiger partial charge in [-0.2, -0.15) is 0 Å². The van der Waals surface area contributed by atoms with Gasteiger partial charge in [0.25, 0.3) is 0 Å². The van der Waals surface area contributed by atoms with Crippen LogP contribution in [0, 0.1) is 0 Å². The van der Waals surface area contributed by atoms with E-state index in [1.165, 1.54) is 6.08 Å². The van der Waals surface area contributed by atoms with E-state index in [9.17, 15) is 9.59 Å². The number of esters is 2. The lowest BCUT2D eigenvalue weighted by molar-refractivity contribution is -0.151. The second kappa shape index (κ2) is 9.75. The number of carbonyl (C=O) groups excluding carboxylic acids is 2. The van der Waals surface area contributed by atoms with E-state index in [4.69, 9.17) is 9.47 Å². The van der Waals surface area contributed by atoms with Gasteiger partial charge < -0.3 is 9.47 Å². The molecule has 0 N–H and O–H groups in total. The molecule has 0 amide bonds. The largest absolute Gasteiger partial charge is 0.466 e. The van der Waals surface area contributed by atoms with Gasteiger partial charge in [0.2, 0.25) is 0 Å². The van der Waals surface area contributed by atoms with Crippen LogP contribution >= 0.6 is 0 Å². The molecule has 0 heterocycles. The quantitative estimate of drug-likeness (QED) is 0.544. The number of carbonyl (C=O) groups is 2. The van der Waals surface area contributed by atoms with Crippen LogP contribution in [-0.2, 0) is 19.1 Å². The Bertz CT molecular complexity index is 465. The monoisotopic (exact) mass is 290 g/mol. The molecule has 0 aliphatic heterocycles. The molecule has 1 aromatic carbocycles. The van der Waals surface area contributed by atoms with Crippen LogP contribution in [-0.4, -0.2) is 24.6 Å². The second-order valence-electron chi connectivity index (χ2n) is 4.60.